The van der Waals surface area contributed by atoms with Crippen molar-refractivity contribution in [2.45, 2.75) is 70.2 Å². The van der Waals surface area contributed by atoms with E-state index < -0.39 is 0 Å². The highest BCUT2D eigenvalue weighted by Gasteiger charge is 1.96. The number of rotatable bonds is 0. The van der Waals surface area contributed by atoms with Gasteiger partial charge in [-0.05, 0) is 10.8 Å². The molecule has 0 aromatic heterocycles. The van der Waals surface area contributed by atoms with Crippen LogP contribution in [0.25, 0.3) is 0 Å². The highest BCUT2D eigenvalue weighted by molar-refractivity contribution is 4.47. The van der Waals surface area contributed by atoms with Crippen LogP contribution in [-0.4, -0.2) is 0 Å². The molecule has 0 aliphatic carbocycles. The van der Waals surface area contributed by atoms with Crippen LogP contribution in [0.5, 0.6) is 0 Å². The van der Waals surface area contributed by atoms with E-state index in [4.69, 9.17) is 0 Å². The summed E-state index contributed by atoms with van der Waals surface area (Å²) in [6.07, 6.45) is 0. The lowest BCUT2D eigenvalue weighted by Crippen LogP contribution is -1.93. The lowest BCUT2D eigenvalue weighted by Gasteiger charge is -2.05. The monoisotopic (exact) mass is 176 g/mol. The van der Waals surface area contributed by atoms with E-state index in [0.29, 0.717) is 10.8 Å². The van der Waals surface area contributed by atoms with Gasteiger partial charge < -0.3 is 0 Å². The van der Waals surface area contributed by atoms with Crippen LogP contribution < -0.4 is 0 Å². The van der Waals surface area contributed by atoms with E-state index in [2.05, 4.69) is 55.4 Å². The fraction of sp³-hybridized carbons (Fsp3) is 1.00. The molecule has 0 radical (unpaired) electrons. The van der Waals surface area contributed by atoms with Gasteiger partial charge in [-0.15, -0.1) is 0 Å². The molecule has 0 bridgehead atoms. The van der Waals surface area contributed by atoms with Gasteiger partial charge in [-0.1, -0.05) is 70.2 Å². The normalized spacial score (nSPS) is 10.0. The minimum atomic E-state index is 0. The molecular weight excluding hydrogens is 144 g/mol. The van der Waals surface area contributed by atoms with Crippen LogP contribution in [0, 0.1) is 10.8 Å². The Morgan fingerprint density at radius 1 is 0.417 bits per heavy atom. The van der Waals surface area contributed by atoms with Crippen molar-refractivity contribution in [1.82, 2.24) is 0 Å². The van der Waals surface area contributed by atoms with E-state index in [1.165, 1.54) is 0 Å². The van der Waals surface area contributed by atoms with Crippen molar-refractivity contribution in [3.8, 4) is 0 Å². The summed E-state index contributed by atoms with van der Waals surface area (Å²) >= 11 is 0. The summed E-state index contributed by atoms with van der Waals surface area (Å²) in [7, 11) is 0. The zero-order chi connectivity index (χ0) is 9.00. The average molecular weight is 176 g/mol. The van der Waals surface area contributed by atoms with Crippen LogP contribution in [0.1, 0.15) is 70.2 Å². The van der Waals surface area contributed by atoms with Gasteiger partial charge in [0.05, 0.1) is 0 Å². The van der Waals surface area contributed by atoms with Gasteiger partial charge in [-0.3, -0.25) is 0 Å². The first-order valence-corrected chi connectivity index (χ1v) is 4.00. The van der Waals surface area contributed by atoms with Gasteiger partial charge in [0, 0.05) is 0 Å². The first kappa shape index (κ1) is 22.7. The lowest BCUT2D eigenvalue weighted by molar-refractivity contribution is 0.469. The maximum Gasteiger partial charge on any atom is -0.0411 e. The Bertz CT molecular complexity index is 43.0. The first-order chi connectivity index (χ1) is 4.00. The average Bonchev–Trinajstić information content (AvgIpc) is 1.12. The van der Waals surface area contributed by atoms with Gasteiger partial charge in [0.1, 0.15) is 0 Å². The van der Waals surface area contributed by atoms with Crippen molar-refractivity contribution in [1.29, 1.82) is 0 Å². The predicted molar refractivity (Wildman–Crippen MR) is 63.7 cm³/mol. The molecule has 0 saturated carbocycles. The summed E-state index contributed by atoms with van der Waals surface area (Å²) in [4.78, 5) is 0. The minimum absolute atomic E-state index is 0. The van der Waals surface area contributed by atoms with E-state index in [1.54, 1.807) is 0 Å². The van der Waals surface area contributed by atoms with Crippen molar-refractivity contribution in [2.24, 2.45) is 10.8 Å². The highest BCUT2D eigenvalue weighted by Crippen LogP contribution is 2.08. The zero-order valence-electron chi connectivity index (χ0n) is 9.00. The van der Waals surface area contributed by atoms with Crippen LogP contribution >= 0.6 is 0 Å². The molecule has 0 aromatic carbocycles. The molecule has 0 atom stereocenters. The Hall–Kier alpha value is 0. The summed E-state index contributed by atoms with van der Waals surface area (Å²) in [5, 5.41) is 0. The molecule has 0 nitrogen and oxygen atoms in total. The molecule has 0 spiro atoms. The molecule has 0 amide bonds. The Labute approximate surface area is 81.8 Å². The smallest absolute Gasteiger partial charge is 0.0411 e. The maximum atomic E-state index is 2.19. The van der Waals surface area contributed by atoms with Gasteiger partial charge in [-0.2, -0.15) is 0 Å². The second kappa shape index (κ2) is 7.64. The SMILES string of the molecule is C.C.CC(C)(C)C.CC(C)(C)C. The highest BCUT2D eigenvalue weighted by atomic mass is 14.0. The van der Waals surface area contributed by atoms with Crippen LogP contribution in [0.4, 0.5) is 0 Å². The largest absolute Gasteiger partial charge is 0.0776 e. The Balaban J connectivity index is -0.0000000457. The van der Waals surface area contributed by atoms with E-state index in [1.807, 2.05) is 0 Å². The molecule has 0 unspecified atom stereocenters. The van der Waals surface area contributed by atoms with Crippen LogP contribution in [0.15, 0.2) is 0 Å². The van der Waals surface area contributed by atoms with Crippen molar-refractivity contribution in [2.75, 3.05) is 0 Å². The Kier molecular flexibility index (Phi) is 14.4. The quantitative estimate of drug-likeness (QED) is 0.465. The standard InChI is InChI=1S/2C5H12.2CH4/c2*1-5(2,3)4;;/h2*1-4H3;2*1H4. The first-order valence-electron chi connectivity index (χ1n) is 4.00. The second-order valence-electron chi connectivity index (χ2n) is 6.00. The van der Waals surface area contributed by atoms with Crippen molar-refractivity contribution >= 4 is 0 Å². The van der Waals surface area contributed by atoms with Crippen LogP contribution in [0.3, 0.4) is 0 Å². The lowest BCUT2D eigenvalue weighted by atomic mass is 10.0. The summed E-state index contributed by atoms with van der Waals surface area (Å²) in [5.41, 5.74) is 1.00. The summed E-state index contributed by atoms with van der Waals surface area (Å²) in [5.74, 6) is 0. The minimum Gasteiger partial charge on any atom is -0.0776 e. The van der Waals surface area contributed by atoms with Gasteiger partial charge >= 0.3 is 0 Å². The Morgan fingerprint density at radius 3 is 0.417 bits per heavy atom. The summed E-state index contributed by atoms with van der Waals surface area (Å²) in [6.45, 7) is 17.5. The van der Waals surface area contributed by atoms with E-state index in [-0.39, 0.29) is 14.9 Å². The molecule has 80 valence electrons. The molecule has 0 aromatic rings. The van der Waals surface area contributed by atoms with Gasteiger partial charge in [0.2, 0.25) is 0 Å². The third-order valence-corrected chi connectivity index (χ3v) is 0. The molecule has 0 aliphatic heterocycles. The number of hydrogen-bond acceptors (Lipinski definition) is 0. The van der Waals surface area contributed by atoms with Crippen LogP contribution in [-0.2, 0) is 0 Å². The molecule has 0 heteroatoms. The van der Waals surface area contributed by atoms with E-state index in [0.717, 1.165) is 0 Å². The summed E-state index contributed by atoms with van der Waals surface area (Å²) in [6, 6.07) is 0. The molecular formula is C12H32. The molecule has 0 heterocycles. The van der Waals surface area contributed by atoms with Gasteiger partial charge in [0.25, 0.3) is 0 Å². The number of hydrogen-bond donors (Lipinski definition) is 0. The zero-order valence-corrected chi connectivity index (χ0v) is 9.00. The third-order valence-electron chi connectivity index (χ3n) is 0. The van der Waals surface area contributed by atoms with Gasteiger partial charge in [0.15, 0.2) is 0 Å². The van der Waals surface area contributed by atoms with Crippen LogP contribution in [0.2, 0.25) is 0 Å². The van der Waals surface area contributed by atoms with Crippen molar-refractivity contribution in [3.05, 3.63) is 0 Å². The van der Waals surface area contributed by atoms with Crippen molar-refractivity contribution in [3.63, 3.8) is 0 Å². The molecule has 0 saturated heterocycles. The fourth-order valence-corrected chi connectivity index (χ4v) is 0. The fourth-order valence-electron chi connectivity index (χ4n) is 0. The third kappa shape index (κ3) is 0. The molecule has 0 fully saturated rings. The predicted octanol–water partition coefficient (Wildman–Crippen LogP) is 5.38. The molecule has 0 aliphatic rings. The van der Waals surface area contributed by atoms with Gasteiger partial charge in [-0.25, -0.2) is 0 Å². The summed E-state index contributed by atoms with van der Waals surface area (Å²) < 4.78 is 0. The Morgan fingerprint density at radius 2 is 0.417 bits per heavy atom. The van der Waals surface area contributed by atoms with E-state index in [9.17, 15) is 0 Å². The molecule has 0 N–H and O–H groups in total. The van der Waals surface area contributed by atoms with E-state index >= 15 is 0 Å². The van der Waals surface area contributed by atoms with Crippen molar-refractivity contribution < 1.29 is 0 Å². The second-order valence-corrected chi connectivity index (χ2v) is 6.00. The molecule has 12 heavy (non-hydrogen) atoms. The molecule has 0 rings (SSSR count). The topological polar surface area (TPSA) is 0 Å². The maximum absolute atomic E-state index is 2.19.